The number of ether oxygens (including phenoxy) is 3. The highest BCUT2D eigenvalue weighted by molar-refractivity contribution is 7.13. The van der Waals surface area contributed by atoms with Gasteiger partial charge in [0.15, 0.2) is 11.5 Å². The second-order valence-corrected chi connectivity index (χ2v) is 7.57. The molecule has 0 atom stereocenters. The second-order valence-electron chi connectivity index (χ2n) is 6.71. The van der Waals surface area contributed by atoms with Crippen LogP contribution in [0.3, 0.4) is 0 Å². The molecule has 2 aromatic carbocycles. The van der Waals surface area contributed by atoms with E-state index in [-0.39, 0.29) is 5.91 Å². The van der Waals surface area contributed by atoms with Crippen LogP contribution in [0.25, 0.3) is 10.6 Å². The molecule has 156 valence electrons. The van der Waals surface area contributed by atoms with Crippen LogP contribution >= 0.6 is 11.3 Å². The Bertz CT molecular complexity index is 1010. The fourth-order valence-electron chi connectivity index (χ4n) is 3.25. The highest BCUT2D eigenvalue weighted by atomic mass is 32.1. The number of hydrogen-bond acceptors (Lipinski definition) is 7. The first-order chi connectivity index (χ1) is 14.7. The van der Waals surface area contributed by atoms with Gasteiger partial charge in [-0.15, -0.1) is 11.3 Å². The standard InChI is InChI=1S/C22H23N3O4S/c1-27-19-8-3-15(13-20(19)28-2)22-24-18(14-30-22)21(26)23-16-4-6-17(7-5-16)25-9-11-29-12-10-25/h3-8,13-14H,9-12H2,1-2H3,(H,23,26). The minimum absolute atomic E-state index is 0.239. The van der Waals surface area contributed by atoms with Crippen LogP contribution in [0.2, 0.25) is 0 Å². The van der Waals surface area contributed by atoms with Crippen molar-refractivity contribution in [3.63, 3.8) is 0 Å². The van der Waals surface area contributed by atoms with Gasteiger partial charge in [-0.3, -0.25) is 4.79 Å². The first kappa shape index (κ1) is 20.2. The zero-order chi connectivity index (χ0) is 20.9. The van der Waals surface area contributed by atoms with Crippen LogP contribution in [-0.4, -0.2) is 51.4 Å². The van der Waals surface area contributed by atoms with Gasteiger partial charge in [0.25, 0.3) is 5.91 Å². The minimum Gasteiger partial charge on any atom is -0.493 e. The Balaban J connectivity index is 1.44. The molecule has 1 aliphatic rings. The molecule has 4 rings (SSSR count). The number of methoxy groups -OCH3 is 2. The summed E-state index contributed by atoms with van der Waals surface area (Å²) in [4.78, 5) is 19.4. The average Bonchev–Trinajstić information content (AvgIpc) is 3.30. The first-order valence-corrected chi connectivity index (χ1v) is 10.5. The van der Waals surface area contributed by atoms with E-state index in [1.165, 1.54) is 11.3 Å². The summed E-state index contributed by atoms with van der Waals surface area (Å²) in [6.07, 6.45) is 0. The van der Waals surface area contributed by atoms with E-state index in [1.54, 1.807) is 19.6 Å². The Kier molecular flexibility index (Phi) is 6.15. The Labute approximate surface area is 179 Å². The van der Waals surface area contributed by atoms with E-state index < -0.39 is 0 Å². The molecule has 1 aliphatic heterocycles. The van der Waals surface area contributed by atoms with Gasteiger partial charge in [-0.25, -0.2) is 4.98 Å². The number of anilines is 2. The van der Waals surface area contributed by atoms with Crippen LogP contribution in [-0.2, 0) is 4.74 Å². The lowest BCUT2D eigenvalue weighted by molar-refractivity contribution is 0.102. The predicted octanol–water partition coefficient (Wildman–Crippen LogP) is 3.92. The maximum absolute atomic E-state index is 12.6. The van der Waals surface area contributed by atoms with Gasteiger partial charge < -0.3 is 24.4 Å². The highest BCUT2D eigenvalue weighted by Gasteiger charge is 2.15. The lowest BCUT2D eigenvalue weighted by Gasteiger charge is -2.28. The molecule has 8 heteroatoms. The SMILES string of the molecule is COc1ccc(-c2nc(C(=O)Nc3ccc(N4CCOCC4)cc3)cs2)cc1OC. The summed E-state index contributed by atoms with van der Waals surface area (Å²) < 4.78 is 16.0. The molecular formula is C22H23N3O4S. The Hall–Kier alpha value is -3.10. The largest absolute Gasteiger partial charge is 0.493 e. The van der Waals surface area contributed by atoms with Gasteiger partial charge in [-0.1, -0.05) is 0 Å². The average molecular weight is 426 g/mol. The van der Waals surface area contributed by atoms with Crippen molar-refractivity contribution in [3.05, 3.63) is 53.5 Å². The number of amides is 1. The number of aromatic nitrogens is 1. The molecular weight excluding hydrogens is 402 g/mol. The third kappa shape index (κ3) is 4.39. The third-order valence-electron chi connectivity index (χ3n) is 4.87. The van der Waals surface area contributed by atoms with E-state index >= 15 is 0 Å². The molecule has 0 unspecified atom stereocenters. The number of carbonyl (C=O) groups is 1. The maximum Gasteiger partial charge on any atom is 0.275 e. The predicted molar refractivity (Wildman–Crippen MR) is 118 cm³/mol. The van der Waals surface area contributed by atoms with Crippen molar-refractivity contribution in [1.82, 2.24) is 4.98 Å². The maximum atomic E-state index is 12.6. The van der Waals surface area contributed by atoms with E-state index in [1.807, 2.05) is 42.5 Å². The van der Waals surface area contributed by atoms with Crippen LogP contribution in [0.5, 0.6) is 11.5 Å². The Morgan fingerprint density at radius 3 is 2.50 bits per heavy atom. The van der Waals surface area contributed by atoms with Crippen LogP contribution in [0.4, 0.5) is 11.4 Å². The lowest BCUT2D eigenvalue weighted by Crippen LogP contribution is -2.36. The second kappa shape index (κ2) is 9.15. The van der Waals surface area contributed by atoms with Gasteiger partial charge in [-0.2, -0.15) is 0 Å². The molecule has 7 nitrogen and oxygen atoms in total. The molecule has 1 saturated heterocycles. The van der Waals surface area contributed by atoms with E-state index in [2.05, 4.69) is 15.2 Å². The molecule has 0 saturated carbocycles. The highest BCUT2D eigenvalue weighted by Crippen LogP contribution is 2.33. The Morgan fingerprint density at radius 1 is 1.07 bits per heavy atom. The van der Waals surface area contributed by atoms with E-state index in [9.17, 15) is 4.79 Å². The number of carbonyl (C=O) groups excluding carboxylic acids is 1. The number of hydrogen-bond donors (Lipinski definition) is 1. The topological polar surface area (TPSA) is 72.9 Å². The fraction of sp³-hybridized carbons (Fsp3) is 0.273. The summed E-state index contributed by atoms with van der Waals surface area (Å²) in [5, 5.41) is 5.40. The summed E-state index contributed by atoms with van der Waals surface area (Å²) in [5.74, 6) is 1.03. The molecule has 3 aromatic rings. The zero-order valence-electron chi connectivity index (χ0n) is 16.9. The van der Waals surface area contributed by atoms with Crippen molar-refractivity contribution in [2.45, 2.75) is 0 Å². The van der Waals surface area contributed by atoms with Crippen LogP contribution in [0, 0.1) is 0 Å². The van der Waals surface area contributed by atoms with Crippen LogP contribution in [0.1, 0.15) is 10.5 Å². The number of benzene rings is 2. The van der Waals surface area contributed by atoms with Crippen molar-refractivity contribution in [2.75, 3.05) is 50.7 Å². The van der Waals surface area contributed by atoms with Crippen LogP contribution < -0.4 is 19.7 Å². The molecule has 0 bridgehead atoms. The van der Waals surface area contributed by atoms with Gasteiger partial charge in [0.1, 0.15) is 10.7 Å². The molecule has 30 heavy (non-hydrogen) atoms. The monoisotopic (exact) mass is 425 g/mol. The van der Waals surface area contributed by atoms with Crippen LogP contribution in [0.15, 0.2) is 47.8 Å². The molecule has 1 aromatic heterocycles. The van der Waals surface area contributed by atoms with Gasteiger partial charge in [0.2, 0.25) is 0 Å². The van der Waals surface area contributed by atoms with Gasteiger partial charge in [-0.05, 0) is 42.5 Å². The summed E-state index contributed by atoms with van der Waals surface area (Å²) >= 11 is 1.41. The molecule has 0 radical (unpaired) electrons. The van der Waals surface area contributed by atoms with Gasteiger partial charge in [0, 0.05) is 35.4 Å². The zero-order valence-corrected chi connectivity index (χ0v) is 17.7. The van der Waals surface area contributed by atoms with Gasteiger partial charge >= 0.3 is 0 Å². The molecule has 2 heterocycles. The quantitative estimate of drug-likeness (QED) is 0.645. The number of rotatable bonds is 6. The van der Waals surface area contributed by atoms with E-state index in [0.29, 0.717) is 17.2 Å². The third-order valence-corrected chi connectivity index (χ3v) is 5.76. The van der Waals surface area contributed by atoms with Crippen molar-refractivity contribution >= 4 is 28.6 Å². The number of nitrogens with zero attached hydrogens (tertiary/aromatic N) is 2. The van der Waals surface area contributed by atoms with E-state index in [4.69, 9.17) is 14.2 Å². The van der Waals surface area contributed by atoms with Crippen molar-refractivity contribution in [2.24, 2.45) is 0 Å². The molecule has 0 spiro atoms. The van der Waals surface area contributed by atoms with Crippen molar-refractivity contribution in [1.29, 1.82) is 0 Å². The number of thiazole rings is 1. The van der Waals surface area contributed by atoms with Gasteiger partial charge in [0.05, 0.1) is 27.4 Å². The molecule has 1 fully saturated rings. The molecule has 1 amide bonds. The summed E-state index contributed by atoms with van der Waals surface area (Å²) in [6, 6.07) is 13.4. The molecule has 1 N–H and O–H groups in total. The first-order valence-electron chi connectivity index (χ1n) is 9.60. The van der Waals surface area contributed by atoms with Crippen molar-refractivity contribution in [3.8, 4) is 22.1 Å². The normalized spacial score (nSPS) is 13.7. The summed E-state index contributed by atoms with van der Waals surface area (Å²) in [7, 11) is 3.18. The lowest BCUT2D eigenvalue weighted by atomic mass is 10.2. The molecule has 0 aliphatic carbocycles. The Morgan fingerprint density at radius 2 is 1.80 bits per heavy atom. The number of nitrogens with one attached hydrogen (secondary N) is 1. The minimum atomic E-state index is -0.239. The summed E-state index contributed by atoms with van der Waals surface area (Å²) in [6.45, 7) is 3.24. The summed E-state index contributed by atoms with van der Waals surface area (Å²) in [5.41, 5.74) is 3.10. The fourth-order valence-corrected chi connectivity index (χ4v) is 4.05. The smallest absolute Gasteiger partial charge is 0.275 e. The number of morpholine rings is 1. The van der Waals surface area contributed by atoms with E-state index in [0.717, 1.165) is 48.2 Å². The van der Waals surface area contributed by atoms with Crippen molar-refractivity contribution < 1.29 is 19.0 Å².